The largest absolute Gasteiger partial charge is 0.493 e. The first-order valence-electron chi connectivity index (χ1n) is 8.05. The van der Waals surface area contributed by atoms with Crippen molar-refractivity contribution >= 4 is 12.6 Å². The van der Waals surface area contributed by atoms with Crippen molar-refractivity contribution in [3.8, 4) is 11.5 Å². The molecule has 0 amide bonds. The first-order chi connectivity index (χ1) is 10.1. The highest BCUT2D eigenvalue weighted by Crippen LogP contribution is 2.35. The predicted molar refractivity (Wildman–Crippen MR) is 94.0 cm³/mol. The molecule has 0 atom stereocenters. The predicted octanol–water partition coefficient (Wildman–Crippen LogP) is 5.15. The molecule has 0 aliphatic heterocycles. The molecule has 1 rings (SSSR count). The molecule has 21 heavy (non-hydrogen) atoms. The normalized spacial score (nSPS) is 11.5. The fourth-order valence-corrected chi connectivity index (χ4v) is 3.22. The molecule has 0 fully saturated rings. The first-order valence-corrected chi connectivity index (χ1v) is 8.68. The molecular formula is C18H30O2S. The fraction of sp³-hybridized carbons (Fsp3) is 0.667. The molecule has 1 aromatic rings. The molecular weight excluding hydrogens is 280 g/mol. The Labute approximate surface area is 135 Å². The van der Waals surface area contributed by atoms with Crippen molar-refractivity contribution in [3.63, 3.8) is 0 Å². The molecule has 1 aromatic carbocycles. The van der Waals surface area contributed by atoms with Crippen LogP contribution in [0.5, 0.6) is 11.5 Å². The summed E-state index contributed by atoms with van der Waals surface area (Å²) in [6.45, 7) is 7.30. The van der Waals surface area contributed by atoms with Crippen molar-refractivity contribution in [1.29, 1.82) is 0 Å². The third-order valence-corrected chi connectivity index (χ3v) is 4.74. The maximum atomic E-state index is 6.12. The smallest absolute Gasteiger partial charge is 0.161 e. The zero-order valence-corrected chi connectivity index (χ0v) is 14.8. The highest BCUT2D eigenvalue weighted by molar-refractivity contribution is 7.80. The van der Waals surface area contributed by atoms with E-state index in [9.17, 15) is 0 Å². The summed E-state index contributed by atoms with van der Waals surface area (Å²) < 4.78 is 11.6. The molecule has 0 saturated carbocycles. The summed E-state index contributed by atoms with van der Waals surface area (Å²) in [5, 5.41) is 0. The van der Waals surface area contributed by atoms with Crippen molar-refractivity contribution in [2.75, 3.05) is 19.5 Å². The Kier molecular flexibility index (Phi) is 8.02. The van der Waals surface area contributed by atoms with Crippen LogP contribution in [0, 0.1) is 5.41 Å². The van der Waals surface area contributed by atoms with Gasteiger partial charge in [-0.05, 0) is 42.7 Å². The number of rotatable bonds is 10. The van der Waals surface area contributed by atoms with Crippen LogP contribution in [0.3, 0.4) is 0 Å². The van der Waals surface area contributed by atoms with E-state index in [-0.39, 0.29) is 5.41 Å². The summed E-state index contributed by atoms with van der Waals surface area (Å²) in [5.74, 6) is 2.54. The van der Waals surface area contributed by atoms with Gasteiger partial charge in [0, 0.05) is 5.41 Å². The molecule has 0 spiro atoms. The fourth-order valence-electron chi connectivity index (χ4n) is 2.82. The van der Waals surface area contributed by atoms with Crippen LogP contribution in [-0.4, -0.2) is 19.5 Å². The topological polar surface area (TPSA) is 18.5 Å². The summed E-state index contributed by atoms with van der Waals surface area (Å²) in [6, 6.07) is 6.20. The number of methoxy groups -OCH3 is 1. The van der Waals surface area contributed by atoms with E-state index in [1.807, 2.05) is 6.07 Å². The second-order valence-corrected chi connectivity index (χ2v) is 6.10. The van der Waals surface area contributed by atoms with E-state index in [0.717, 1.165) is 49.4 Å². The van der Waals surface area contributed by atoms with Crippen LogP contribution >= 0.6 is 12.6 Å². The van der Waals surface area contributed by atoms with Crippen molar-refractivity contribution in [3.05, 3.63) is 23.8 Å². The molecule has 0 aliphatic rings. The maximum absolute atomic E-state index is 6.12. The van der Waals surface area contributed by atoms with Crippen LogP contribution in [0.1, 0.15) is 52.0 Å². The van der Waals surface area contributed by atoms with Crippen LogP contribution in [0.2, 0.25) is 0 Å². The van der Waals surface area contributed by atoms with Gasteiger partial charge in [0.2, 0.25) is 0 Å². The van der Waals surface area contributed by atoms with Crippen LogP contribution in [0.15, 0.2) is 18.2 Å². The highest BCUT2D eigenvalue weighted by atomic mass is 32.1. The Morgan fingerprint density at radius 2 is 1.71 bits per heavy atom. The number of hydrogen-bond acceptors (Lipinski definition) is 3. The maximum Gasteiger partial charge on any atom is 0.161 e. The van der Waals surface area contributed by atoms with E-state index in [4.69, 9.17) is 9.47 Å². The van der Waals surface area contributed by atoms with Crippen molar-refractivity contribution in [2.24, 2.45) is 5.41 Å². The van der Waals surface area contributed by atoms with Crippen LogP contribution in [-0.2, 0) is 6.42 Å². The standard InChI is InChI=1S/C18H30O2S/c1-5-10-18(14-21,11-6-2)13-20-16-9-8-15(7-3)12-17(16)19-4/h8-9,12,21H,5-7,10-11,13-14H2,1-4H3. The summed E-state index contributed by atoms with van der Waals surface area (Å²) in [4.78, 5) is 0. The molecule has 0 N–H and O–H groups in total. The number of aryl methyl sites for hydroxylation is 1. The lowest BCUT2D eigenvalue weighted by Gasteiger charge is -2.32. The van der Waals surface area contributed by atoms with Gasteiger partial charge in [0.25, 0.3) is 0 Å². The number of benzene rings is 1. The first kappa shape index (κ1) is 18.2. The Balaban J connectivity index is 2.84. The average Bonchev–Trinajstić information content (AvgIpc) is 2.52. The summed E-state index contributed by atoms with van der Waals surface area (Å²) in [7, 11) is 1.70. The minimum absolute atomic E-state index is 0.168. The van der Waals surface area contributed by atoms with E-state index >= 15 is 0 Å². The van der Waals surface area contributed by atoms with Crippen LogP contribution in [0.4, 0.5) is 0 Å². The monoisotopic (exact) mass is 310 g/mol. The van der Waals surface area contributed by atoms with Crippen LogP contribution in [0.25, 0.3) is 0 Å². The molecule has 0 bridgehead atoms. The Bertz CT molecular complexity index is 412. The van der Waals surface area contributed by atoms with Crippen LogP contribution < -0.4 is 9.47 Å². The molecule has 0 radical (unpaired) electrons. The zero-order chi connectivity index (χ0) is 15.7. The van der Waals surface area contributed by atoms with Gasteiger partial charge < -0.3 is 9.47 Å². The van der Waals surface area contributed by atoms with E-state index in [0.29, 0.717) is 6.61 Å². The average molecular weight is 311 g/mol. The molecule has 0 saturated heterocycles. The van der Waals surface area contributed by atoms with E-state index < -0.39 is 0 Å². The van der Waals surface area contributed by atoms with Gasteiger partial charge in [-0.25, -0.2) is 0 Å². The quantitative estimate of drug-likeness (QED) is 0.602. The number of hydrogen-bond donors (Lipinski definition) is 1. The summed E-state index contributed by atoms with van der Waals surface area (Å²) >= 11 is 4.58. The zero-order valence-electron chi connectivity index (χ0n) is 13.9. The van der Waals surface area contributed by atoms with Gasteiger partial charge in [-0.15, -0.1) is 0 Å². The summed E-state index contributed by atoms with van der Waals surface area (Å²) in [5.41, 5.74) is 1.43. The molecule has 0 aliphatic carbocycles. The van der Waals surface area contributed by atoms with Crippen molar-refractivity contribution in [1.82, 2.24) is 0 Å². The van der Waals surface area contributed by atoms with Gasteiger partial charge in [-0.1, -0.05) is 39.7 Å². The lowest BCUT2D eigenvalue weighted by molar-refractivity contribution is 0.140. The Morgan fingerprint density at radius 1 is 1.05 bits per heavy atom. The molecule has 3 heteroatoms. The van der Waals surface area contributed by atoms with Gasteiger partial charge in [0.05, 0.1) is 13.7 Å². The van der Waals surface area contributed by atoms with Crippen molar-refractivity contribution < 1.29 is 9.47 Å². The summed E-state index contributed by atoms with van der Waals surface area (Å²) in [6.07, 6.45) is 5.63. The SMILES string of the molecule is CCCC(CS)(CCC)COc1ccc(CC)cc1OC. The molecule has 0 heterocycles. The lowest BCUT2D eigenvalue weighted by atomic mass is 9.82. The van der Waals surface area contributed by atoms with E-state index in [2.05, 4.69) is 45.5 Å². The van der Waals surface area contributed by atoms with Gasteiger partial charge in [0.1, 0.15) is 0 Å². The third kappa shape index (κ3) is 5.14. The minimum Gasteiger partial charge on any atom is -0.493 e. The second-order valence-electron chi connectivity index (χ2n) is 5.79. The van der Waals surface area contributed by atoms with Gasteiger partial charge in [0.15, 0.2) is 11.5 Å². The van der Waals surface area contributed by atoms with Gasteiger partial charge in [-0.2, -0.15) is 12.6 Å². The minimum atomic E-state index is 0.168. The van der Waals surface area contributed by atoms with Gasteiger partial charge >= 0.3 is 0 Å². The third-order valence-electron chi connectivity index (χ3n) is 4.07. The second kappa shape index (κ2) is 9.24. The molecule has 0 aromatic heterocycles. The molecule has 120 valence electrons. The van der Waals surface area contributed by atoms with E-state index in [1.54, 1.807) is 7.11 Å². The number of thiol groups is 1. The number of ether oxygens (including phenoxy) is 2. The van der Waals surface area contributed by atoms with Crippen molar-refractivity contribution in [2.45, 2.75) is 52.9 Å². The highest BCUT2D eigenvalue weighted by Gasteiger charge is 2.28. The Hall–Kier alpha value is -0.830. The van der Waals surface area contributed by atoms with Gasteiger partial charge in [-0.3, -0.25) is 0 Å². The molecule has 2 nitrogen and oxygen atoms in total. The lowest BCUT2D eigenvalue weighted by Crippen LogP contribution is -2.30. The molecule has 0 unspecified atom stereocenters. The Morgan fingerprint density at radius 3 is 2.19 bits per heavy atom. The van der Waals surface area contributed by atoms with E-state index in [1.165, 1.54) is 5.56 Å².